The standard InChI is InChI=1S/C23H26N6O/c1-17-18(2)29-22(24-17)13-21(14-23(29)28-11-9-26(4)16-28)30-20-7-5-6-19(12-20)27-10-8-25(3)15-27/h5-14H,15-16H2,1-4H3. The second-order valence-corrected chi connectivity index (χ2v) is 7.96. The Kier molecular flexibility index (Phi) is 4.31. The zero-order chi connectivity index (χ0) is 20.8. The third-order valence-corrected chi connectivity index (χ3v) is 5.57. The summed E-state index contributed by atoms with van der Waals surface area (Å²) in [5.74, 6) is 2.62. The van der Waals surface area contributed by atoms with Gasteiger partial charge in [-0.3, -0.25) is 4.40 Å². The van der Waals surface area contributed by atoms with Gasteiger partial charge in [0.2, 0.25) is 0 Å². The molecule has 0 spiro atoms. The van der Waals surface area contributed by atoms with Crippen LogP contribution in [0.5, 0.6) is 11.5 Å². The van der Waals surface area contributed by atoms with Crippen molar-refractivity contribution in [2.45, 2.75) is 13.8 Å². The SMILES string of the molecule is Cc1nc2cc(Oc3cccc(N4C=CN(C)C4)c3)cc(N3C=CN(C)C3)n2c1C. The first-order chi connectivity index (χ1) is 14.5. The molecule has 0 saturated heterocycles. The Morgan fingerprint density at radius 1 is 0.833 bits per heavy atom. The van der Waals surface area contributed by atoms with E-state index in [1.165, 1.54) is 0 Å². The van der Waals surface area contributed by atoms with E-state index in [-0.39, 0.29) is 0 Å². The van der Waals surface area contributed by atoms with Crippen LogP contribution in [0, 0.1) is 13.8 Å². The molecule has 1 aromatic carbocycles. The zero-order valence-corrected chi connectivity index (χ0v) is 17.8. The van der Waals surface area contributed by atoms with Crippen LogP contribution in [0.15, 0.2) is 61.2 Å². The fraction of sp³-hybridized carbons (Fsp3) is 0.261. The summed E-state index contributed by atoms with van der Waals surface area (Å²) in [6, 6.07) is 12.3. The summed E-state index contributed by atoms with van der Waals surface area (Å²) < 4.78 is 8.50. The second kappa shape index (κ2) is 7.02. The van der Waals surface area contributed by atoms with Crippen LogP contribution >= 0.6 is 0 Å². The smallest absolute Gasteiger partial charge is 0.142 e. The van der Waals surface area contributed by atoms with Gasteiger partial charge in [0.05, 0.1) is 19.0 Å². The third kappa shape index (κ3) is 3.22. The molecule has 4 heterocycles. The maximum absolute atomic E-state index is 6.31. The number of benzene rings is 1. The number of fused-ring (bicyclic) bond motifs is 1. The average Bonchev–Trinajstić information content (AvgIpc) is 3.42. The predicted octanol–water partition coefficient (Wildman–Crippen LogP) is 4.10. The number of imidazole rings is 1. The summed E-state index contributed by atoms with van der Waals surface area (Å²) in [4.78, 5) is 13.4. The van der Waals surface area contributed by atoms with E-state index in [1.54, 1.807) is 0 Å². The molecule has 30 heavy (non-hydrogen) atoms. The maximum atomic E-state index is 6.31. The highest BCUT2D eigenvalue weighted by Crippen LogP contribution is 2.33. The van der Waals surface area contributed by atoms with Gasteiger partial charge in [-0.2, -0.15) is 0 Å². The lowest BCUT2D eigenvalue weighted by atomic mass is 10.3. The Morgan fingerprint density at radius 2 is 1.57 bits per heavy atom. The average molecular weight is 403 g/mol. The van der Waals surface area contributed by atoms with E-state index in [2.05, 4.69) is 88.0 Å². The molecule has 0 fully saturated rings. The highest BCUT2D eigenvalue weighted by Gasteiger charge is 2.19. The van der Waals surface area contributed by atoms with Crippen LogP contribution in [-0.2, 0) is 0 Å². The van der Waals surface area contributed by atoms with Gasteiger partial charge < -0.3 is 24.3 Å². The summed E-state index contributed by atoms with van der Waals surface area (Å²) >= 11 is 0. The summed E-state index contributed by atoms with van der Waals surface area (Å²) in [5.41, 5.74) is 4.16. The van der Waals surface area contributed by atoms with Crippen molar-refractivity contribution in [3.63, 3.8) is 0 Å². The van der Waals surface area contributed by atoms with Crippen molar-refractivity contribution in [3.8, 4) is 11.5 Å². The molecular weight excluding hydrogens is 376 g/mol. The summed E-state index contributed by atoms with van der Waals surface area (Å²) in [7, 11) is 4.13. The molecule has 0 amide bonds. The topological polar surface area (TPSA) is 39.5 Å². The Morgan fingerprint density at radius 3 is 2.27 bits per heavy atom. The molecule has 0 N–H and O–H groups in total. The monoisotopic (exact) mass is 402 g/mol. The molecule has 2 aromatic heterocycles. The highest BCUT2D eigenvalue weighted by atomic mass is 16.5. The maximum Gasteiger partial charge on any atom is 0.142 e. The third-order valence-electron chi connectivity index (χ3n) is 5.57. The van der Waals surface area contributed by atoms with Crippen LogP contribution in [-0.4, -0.2) is 46.6 Å². The van der Waals surface area contributed by atoms with Crippen LogP contribution in [0.1, 0.15) is 11.4 Å². The van der Waals surface area contributed by atoms with Crippen LogP contribution in [0.4, 0.5) is 11.5 Å². The van der Waals surface area contributed by atoms with E-state index in [4.69, 9.17) is 9.72 Å². The van der Waals surface area contributed by atoms with E-state index < -0.39 is 0 Å². The molecule has 0 aliphatic carbocycles. The molecular formula is C23H26N6O. The van der Waals surface area contributed by atoms with Gasteiger partial charge in [-0.1, -0.05) is 6.07 Å². The quantitative estimate of drug-likeness (QED) is 0.654. The lowest BCUT2D eigenvalue weighted by Crippen LogP contribution is -2.23. The first kappa shape index (κ1) is 18.4. The number of aryl methyl sites for hydroxylation is 2. The number of nitrogens with zero attached hydrogens (tertiary/aromatic N) is 6. The van der Waals surface area contributed by atoms with Gasteiger partial charge in [-0.15, -0.1) is 0 Å². The first-order valence-corrected chi connectivity index (χ1v) is 10.1. The van der Waals surface area contributed by atoms with Crippen molar-refractivity contribution in [3.05, 3.63) is 72.6 Å². The predicted molar refractivity (Wildman–Crippen MR) is 120 cm³/mol. The molecule has 0 atom stereocenters. The lowest BCUT2D eigenvalue weighted by molar-refractivity contribution is 0.478. The van der Waals surface area contributed by atoms with E-state index >= 15 is 0 Å². The van der Waals surface area contributed by atoms with Crippen molar-refractivity contribution in [2.24, 2.45) is 0 Å². The molecule has 3 aromatic rings. The Balaban J connectivity index is 1.51. The number of anilines is 2. The molecule has 154 valence electrons. The number of aromatic nitrogens is 2. The lowest BCUT2D eigenvalue weighted by Gasteiger charge is -2.21. The van der Waals surface area contributed by atoms with E-state index in [0.717, 1.165) is 53.4 Å². The Labute approximate surface area is 176 Å². The zero-order valence-electron chi connectivity index (χ0n) is 17.8. The molecule has 5 rings (SSSR count). The molecule has 2 aliphatic heterocycles. The number of pyridine rings is 1. The molecule has 7 nitrogen and oxygen atoms in total. The molecule has 0 unspecified atom stereocenters. The van der Waals surface area contributed by atoms with Crippen molar-refractivity contribution in [1.29, 1.82) is 0 Å². The van der Waals surface area contributed by atoms with Crippen LogP contribution in [0.3, 0.4) is 0 Å². The van der Waals surface area contributed by atoms with Gasteiger partial charge in [-0.25, -0.2) is 4.98 Å². The van der Waals surface area contributed by atoms with Gasteiger partial charge in [0.25, 0.3) is 0 Å². The van der Waals surface area contributed by atoms with Crippen molar-refractivity contribution >= 4 is 17.2 Å². The first-order valence-electron chi connectivity index (χ1n) is 10.1. The molecule has 0 radical (unpaired) electrons. The fourth-order valence-electron chi connectivity index (χ4n) is 3.89. The van der Waals surface area contributed by atoms with Gasteiger partial charge in [0.15, 0.2) is 0 Å². The summed E-state index contributed by atoms with van der Waals surface area (Å²) in [5, 5.41) is 0. The van der Waals surface area contributed by atoms with Gasteiger partial charge in [0, 0.05) is 68.5 Å². The second-order valence-electron chi connectivity index (χ2n) is 7.96. The minimum Gasteiger partial charge on any atom is -0.457 e. The van der Waals surface area contributed by atoms with E-state index in [0.29, 0.717) is 0 Å². The molecule has 7 heteroatoms. The Hall–Kier alpha value is -3.61. The minimum absolute atomic E-state index is 0.775. The number of hydrogen-bond donors (Lipinski definition) is 0. The van der Waals surface area contributed by atoms with E-state index in [9.17, 15) is 0 Å². The highest BCUT2D eigenvalue weighted by molar-refractivity contribution is 5.62. The van der Waals surface area contributed by atoms with Crippen LogP contribution < -0.4 is 14.5 Å². The van der Waals surface area contributed by atoms with Crippen molar-refractivity contribution in [2.75, 3.05) is 37.2 Å². The summed E-state index contributed by atoms with van der Waals surface area (Å²) in [6.07, 6.45) is 8.31. The van der Waals surface area contributed by atoms with Gasteiger partial charge in [0.1, 0.15) is 23.0 Å². The summed E-state index contributed by atoms with van der Waals surface area (Å²) in [6.45, 7) is 5.77. The largest absolute Gasteiger partial charge is 0.457 e. The van der Waals surface area contributed by atoms with Crippen LogP contribution in [0.25, 0.3) is 5.65 Å². The number of ether oxygens (including phenoxy) is 1. The number of hydrogen-bond acceptors (Lipinski definition) is 6. The van der Waals surface area contributed by atoms with Crippen molar-refractivity contribution in [1.82, 2.24) is 19.2 Å². The van der Waals surface area contributed by atoms with Crippen LogP contribution in [0.2, 0.25) is 0 Å². The number of rotatable bonds is 4. The molecule has 0 saturated carbocycles. The molecule has 0 bridgehead atoms. The minimum atomic E-state index is 0.775. The van der Waals surface area contributed by atoms with Gasteiger partial charge >= 0.3 is 0 Å². The Bertz CT molecular complexity index is 1160. The van der Waals surface area contributed by atoms with Crippen molar-refractivity contribution < 1.29 is 4.74 Å². The fourth-order valence-corrected chi connectivity index (χ4v) is 3.89. The van der Waals surface area contributed by atoms with Gasteiger partial charge in [-0.05, 0) is 26.0 Å². The normalized spacial score (nSPS) is 15.9. The van der Waals surface area contributed by atoms with E-state index in [1.807, 2.05) is 25.1 Å². The molecule has 2 aliphatic rings.